The minimum atomic E-state index is -3.80. The van der Waals surface area contributed by atoms with Gasteiger partial charge in [0.15, 0.2) is 5.84 Å². The van der Waals surface area contributed by atoms with Crippen molar-refractivity contribution in [1.82, 2.24) is 4.90 Å². The van der Waals surface area contributed by atoms with Crippen LogP contribution < -0.4 is 5.32 Å². The summed E-state index contributed by atoms with van der Waals surface area (Å²) in [6.45, 7) is 0.451. The van der Waals surface area contributed by atoms with Gasteiger partial charge in [-0.2, -0.15) is 8.42 Å². The van der Waals surface area contributed by atoms with E-state index in [9.17, 15) is 22.0 Å². The Labute approximate surface area is 154 Å². The van der Waals surface area contributed by atoms with Crippen LogP contribution in [0.15, 0.2) is 51.8 Å². The van der Waals surface area contributed by atoms with Gasteiger partial charge in [-0.25, -0.2) is 8.78 Å². The molecule has 2 heterocycles. The molecule has 1 amide bonds. The van der Waals surface area contributed by atoms with Gasteiger partial charge in [0.25, 0.3) is 10.0 Å². The highest BCUT2D eigenvalue weighted by Gasteiger charge is 2.39. The first-order valence-corrected chi connectivity index (χ1v) is 9.78. The van der Waals surface area contributed by atoms with Crippen LogP contribution in [-0.2, 0) is 14.8 Å². The van der Waals surface area contributed by atoms with Gasteiger partial charge in [-0.05, 0) is 37.1 Å². The summed E-state index contributed by atoms with van der Waals surface area (Å²) in [6, 6.07) is 8.62. The second-order valence-corrected chi connectivity index (χ2v) is 7.92. The lowest BCUT2D eigenvalue weighted by atomic mass is 10.1. The molecule has 2 aromatic rings. The zero-order chi connectivity index (χ0) is 19.2. The Morgan fingerprint density at radius 2 is 1.96 bits per heavy atom. The van der Waals surface area contributed by atoms with E-state index in [4.69, 9.17) is 0 Å². The summed E-state index contributed by atoms with van der Waals surface area (Å²) in [5.41, 5.74) is 0.319. The van der Waals surface area contributed by atoms with Crippen molar-refractivity contribution in [3.05, 3.63) is 59.7 Å². The molecular formula is C18H15F2N3O3S. The number of sulfonamides is 1. The highest BCUT2D eigenvalue weighted by molar-refractivity contribution is 7.90. The van der Waals surface area contributed by atoms with Gasteiger partial charge in [0.1, 0.15) is 22.6 Å². The summed E-state index contributed by atoms with van der Waals surface area (Å²) >= 11 is 0. The van der Waals surface area contributed by atoms with E-state index in [-0.39, 0.29) is 16.4 Å². The molecule has 0 aliphatic carbocycles. The summed E-state index contributed by atoms with van der Waals surface area (Å²) in [4.78, 5) is 14.4. The number of rotatable bonds is 2. The fourth-order valence-corrected chi connectivity index (χ4v) is 4.61. The molecule has 4 rings (SSSR count). The van der Waals surface area contributed by atoms with E-state index in [2.05, 4.69) is 9.71 Å². The van der Waals surface area contributed by atoms with Crippen LogP contribution in [0.4, 0.5) is 14.5 Å². The molecule has 0 spiro atoms. The smallest absolute Gasteiger partial charge is 0.285 e. The van der Waals surface area contributed by atoms with Crippen molar-refractivity contribution in [3.8, 4) is 0 Å². The first-order chi connectivity index (χ1) is 12.9. The molecule has 2 aliphatic rings. The van der Waals surface area contributed by atoms with Crippen LogP contribution in [-0.4, -0.2) is 37.6 Å². The Hall–Kier alpha value is -2.81. The van der Waals surface area contributed by atoms with E-state index in [1.807, 2.05) is 0 Å². The van der Waals surface area contributed by atoms with Gasteiger partial charge < -0.3 is 10.2 Å². The Kier molecular flexibility index (Phi) is 4.18. The van der Waals surface area contributed by atoms with Crippen LogP contribution in [0.1, 0.15) is 18.4 Å². The van der Waals surface area contributed by atoms with Crippen LogP contribution in [0.2, 0.25) is 0 Å². The maximum absolute atomic E-state index is 13.8. The molecule has 1 atom stereocenters. The zero-order valence-corrected chi connectivity index (χ0v) is 14.8. The zero-order valence-electron chi connectivity index (χ0n) is 14.0. The summed E-state index contributed by atoms with van der Waals surface area (Å²) < 4.78 is 55.2. The third-order valence-electron chi connectivity index (χ3n) is 4.63. The second-order valence-electron chi connectivity index (χ2n) is 6.35. The van der Waals surface area contributed by atoms with Crippen molar-refractivity contribution in [1.29, 1.82) is 0 Å². The fraction of sp³-hybridized carbons (Fsp3) is 0.222. The van der Waals surface area contributed by atoms with E-state index >= 15 is 0 Å². The third-order valence-corrected chi connectivity index (χ3v) is 5.95. The van der Waals surface area contributed by atoms with Crippen LogP contribution in [0.5, 0.6) is 0 Å². The lowest BCUT2D eigenvalue weighted by Crippen LogP contribution is -2.43. The average molecular weight is 391 g/mol. The van der Waals surface area contributed by atoms with E-state index in [1.54, 1.807) is 23.1 Å². The summed E-state index contributed by atoms with van der Waals surface area (Å²) in [6.07, 6.45) is 1.13. The number of hydrogen-bond donors (Lipinski definition) is 1. The minimum absolute atomic E-state index is 0.107. The number of hydrogen-bond acceptors (Lipinski definition) is 4. The molecule has 0 unspecified atom stereocenters. The number of halogens is 2. The molecule has 1 fully saturated rings. The van der Waals surface area contributed by atoms with E-state index in [1.165, 1.54) is 6.07 Å². The predicted molar refractivity (Wildman–Crippen MR) is 94.9 cm³/mol. The van der Waals surface area contributed by atoms with Crippen molar-refractivity contribution < 1.29 is 22.0 Å². The molecule has 27 heavy (non-hydrogen) atoms. The number of likely N-dealkylation sites (tertiary alicyclic amines) is 1. The predicted octanol–water partition coefficient (Wildman–Crippen LogP) is 2.52. The maximum atomic E-state index is 13.8. The molecular weight excluding hydrogens is 376 g/mol. The van der Waals surface area contributed by atoms with E-state index < -0.39 is 33.6 Å². The summed E-state index contributed by atoms with van der Waals surface area (Å²) in [5.74, 6) is -1.89. The van der Waals surface area contributed by atoms with Gasteiger partial charge in [-0.1, -0.05) is 12.1 Å². The number of amides is 1. The van der Waals surface area contributed by atoms with Crippen molar-refractivity contribution in [2.24, 2.45) is 4.40 Å². The summed E-state index contributed by atoms with van der Waals surface area (Å²) in [5, 5.41) is 2.45. The number of amidine groups is 1. The first kappa shape index (κ1) is 17.6. The standard InChI is InChI=1S/C18H15F2N3O3S/c19-11-7-8-14(13(20)10-11)21-18(24)15-5-3-9-23(15)17-12-4-1-2-6-16(12)27(25,26)22-17/h1-2,4,6-8,10,15H,3,5,9H2,(H,21,24)/t15-/m0/s1. The number of carbonyl (C=O) groups excluding carboxylic acids is 1. The molecule has 2 aliphatic heterocycles. The van der Waals surface area contributed by atoms with Crippen LogP contribution in [0, 0.1) is 11.6 Å². The molecule has 9 heteroatoms. The van der Waals surface area contributed by atoms with Crippen LogP contribution in [0.25, 0.3) is 0 Å². The number of fused-ring (bicyclic) bond motifs is 1. The van der Waals surface area contributed by atoms with Gasteiger partial charge in [0.05, 0.1) is 5.69 Å². The van der Waals surface area contributed by atoms with Crippen molar-refractivity contribution >= 4 is 27.5 Å². The van der Waals surface area contributed by atoms with Gasteiger partial charge in [-0.3, -0.25) is 4.79 Å². The molecule has 0 bridgehead atoms. The average Bonchev–Trinajstić information content (AvgIpc) is 3.21. The van der Waals surface area contributed by atoms with Crippen molar-refractivity contribution in [2.75, 3.05) is 11.9 Å². The number of carbonyl (C=O) groups is 1. The quantitative estimate of drug-likeness (QED) is 0.853. The molecule has 0 aromatic heterocycles. The molecule has 6 nitrogen and oxygen atoms in total. The molecule has 2 aromatic carbocycles. The first-order valence-electron chi connectivity index (χ1n) is 8.34. The number of nitrogens with zero attached hydrogens (tertiary/aromatic N) is 2. The van der Waals surface area contributed by atoms with Crippen molar-refractivity contribution in [3.63, 3.8) is 0 Å². The number of nitrogens with one attached hydrogen (secondary N) is 1. The van der Waals surface area contributed by atoms with Gasteiger partial charge in [0.2, 0.25) is 5.91 Å². The second kappa shape index (κ2) is 6.41. The lowest BCUT2D eigenvalue weighted by Gasteiger charge is -2.25. The monoisotopic (exact) mass is 391 g/mol. The third kappa shape index (κ3) is 3.08. The SMILES string of the molecule is O=C(Nc1ccc(F)cc1F)[C@@H]1CCCN1C1=NS(=O)(=O)c2ccccc21. The number of anilines is 1. The lowest BCUT2D eigenvalue weighted by molar-refractivity contribution is -0.119. The Bertz CT molecular complexity index is 1070. The topological polar surface area (TPSA) is 78.8 Å². The molecule has 140 valence electrons. The molecule has 0 radical (unpaired) electrons. The van der Waals surface area contributed by atoms with Gasteiger partial charge in [0, 0.05) is 18.2 Å². The Morgan fingerprint density at radius 3 is 2.74 bits per heavy atom. The normalized spacial score (nSPS) is 20.3. The largest absolute Gasteiger partial charge is 0.343 e. The highest BCUT2D eigenvalue weighted by atomic mass is 32.2. The molecule has 1 saturated heterocycles. The van der Waals surface area contributed by atoms with Crippen LogP contribution >= 0.6 is 0 Å². The highest BCUT2D eigenvalue weighted by Crippen LogP contribution is 2.31. The van der Waals surface area contributed by atoms with E-state index in [0.717, 1.165) is 12.1 Å². The Balaban J connectivity index is 1.62. The molecule has 0 saturated carbocycles. The summed E-state index contributed by atoms with van der Waals surface area (Å²) in [7, 11) is -3.80. The maximum Gasteiger partial charge on any atom is 0.285 e. The van der Waals surface area contributed by atoms with Crippen LogP contribution in [0.3, 0.4) is 0 Å². The van der Waals surface area contributed by atoms with E-state index in [0.29, 0.717) is 31.0 Å². The van der Waals surface area contributed by atoms with Gasteiger partial charge >= 0.3 is 0 Å². The number of benzene rings is 2. The van der Waals surface area contributed by atoms with Crippen molar-refractivity contribution in [2.45, 2.75) is 23.8 Å². The fourth-order valence-electron chi connectivity index (χ4n) is 3.40. The minimum Gasteiger partial charge on any atom is -0.343 e. The molecule has 1 N–H and O–H groups in total. The van der Waals surface area contributed by atoms with Gasteiger partial charge in [-0.15, -0.1) is 4.40 Å². The Morgan fingerprint density at radius 1 is 1.19 bits per heavy atom.